The zero-order valence-corrected chi connectivity index (χ0v) is 10.8. The molecule has 6 nitrogen and oxygen atoms in total. The molecule has 0 bridgehead atoms. The molecule has 18 heavy (non-hydrogen) atoms. The van der Waals surface area contributed by atoms with Gasteiger partial charge in [0, 0.05) is 25.4 Å². The molecule has 6 heteroatoms. The predicted octanol–water partition coefficient (Wildman–Crippen LogP) is 0.608. The van der Waals surface area contributed by atoms with Gasteiger partial charge < -0.3 is 15.4 Å². The lowest BCUT2D eigenvalue weighted by atomic mass is 10.3. The van der Waals surface area contributed by atoms with Gasteiger partial charge in [-0.2, -0.15) is 5.10 Å². The molecule has 2 rings (SSSR count). The van der Waals surface area contributed by atoms with E-state index in [2.05, 4.69) is 15.7 Å². The number of anilines is 1. The van der Waals surface area contributed by atoms with Crippen molar-refractivity contribution in [3.8, 4) is 0 Å². The van der Waals surface area contributed by atoms with E-state index in [4.69, 9.17) is 4.74 Å². The SMILES string of the molecule is COCC(C)Nc1cnn(CC(=O)NC2CC2)c1. The van der Waals surface area contributed by atoms with Crippen LogP contribution in [0.5, 0.6) is 0 Å². The number of nitrogens with zero attached hydrogens (tertiary/aromatic N) is 2. The van der Waals surface area contributed by atoms with Crippen LogP contribution in [-0.2, 0) is 16.1 Å². The number of hydrogen-bond donors (Lipinski definition) is 2. The molecule has 100 valence electrons. The lowest BCUT2D eigenvalue weighted by Crippen LogP contribution is -2.29. The van der Waals surface area contributed by atoms with E-state index < -0.39 is 0 Å². The molecule has 1 aromatic rings. The van der Waals surface area contributed by atoms with Crippen molar-refractivity contribution in [2.24, 2.45) is 0 Å². The minimum Gasteiger partial charge on any atom is -0.383 e. The van der Waals surface area contributed by atoms with E-state index in [9.17, 15) is 4.79 Å². The second-order valence-electron chi connectivity index (χ2n) is 4.77. The third kappa shape index (κ3) is 4.03. The predicted molar refractivity (Wildman–Crippen MR) is 68.4 cm³/mol. The zero-order chi connectivity index (χ0) is 13.0. The molecule has 2 N–H and O–H groups in total. The Labute approximate surface area is 107 Å². The minimum atomic E-state index is 0.0251. The summed E-state index contributed by atoms with van der Waals surface area (Å²) in [6.07, 6.45) is 5.76. The van der Waals surface area contributed by atoms with E-state index in [1.165, 1.54) is 0 Å². The number of amides is 1. The van der Waals surface area contributed by atoms with Gasteiger partial charge in [-0.15, -0.1) is 0 Å². The molecule has 1 fully saturated rings. The first-order valence-corrected chi connectivity index (χ1v) is 6.24. The number of nitrogens with one attached hydrogen (secondary N) is 2. The van der Waals surface area contributed by atoms with Crippen LogP contribution in [0.1, 0.15) is 19.8 Å². The molecule has 1 unspecified atom stereocenters. The van der Waals surface area contributed by atoms with Gasteiger partial charge in [-0.1, -0.05) is 0 Å². The topological polar surface area (TPSA) is 68.2 Å². The summed E-state index contributed by atoms with van der Waals surface area (Å²) >= 11 is 0. The van der Waals surface area contributed by atoms with Gasteiger partial charge in [0.25, 0.3) is 0 Å². The van der Waals surface area contributed by atoms with Gasteiger partial charge in [0.2, 0.25) is 5.91 Å². The molecular weight excluding hydrogens is 232 g/mol. The average Bonchev–Trinajstić information content (AvgIpc) is 3.00. The second-order valence-corrected chi connectivity index (χ2v) is 4.77. The van der Waals surface area contributed by atoms with Crippen LogP contribution < -0.4 is 10.6 Å². The maximum absolute atomic E-state index is 11.6. The Morgan fingerprint density at radius 2 is 2.44 bits per heavy atom. The molecule has 1 aliphatic rings. The maximum atomic E-state index is 11.6. The maximum Gasteiger partial charge on any atom is 0.241 e. The third-order valence-corrected chi connectivity index (χ3v) is 2.71. The Bertz CT molecular complexity index is 401. The molecule has 1 atom stereocenters. The van der Waals surface area contributed by atoms with Crippen LogP contribution in [0.2, 0.25) is 0 Å². The summed E-state index contributed by atoms with van der Waals surface area (Å²) in [7, 11) is 1.67. The van der Waals surface area contributed by atoms with E-state index in [1.54, 1.807) is 18.0 Å². The standard InChI is InChI=1S/C12H20N4O2/c1-9(8-18-2)14-11-5-13-16(6-11)7-12(17)15-10-3-4-10/h5-6,9-10,14H,3-4,7-8H2,1-2H3,(H,15,17). The molecule has 0 aromatic carbocycles. The van der Waals surface area contributed by atoms with Crippen LogP contribution in [0.4, 0.5) is 5.69 Å². The fourth-order valence-corrected chi connectivity index (χ4v) is 1.75. The Kier molecular flexibility index (Phi) is 4.19. The molecule has 0 spiro atoms. The van der Waals surface area contributed by atoms with Gasteiger partial charge >= 0.3 is 0 Å². The largest absolute Gasteiger partial charge is 0.383 e. The van der Waals surface area contributed by atoms with E-state index in [0.29, 0.717) is 12.6 Å². The number of ether oxygens (including phenoxy) is 1. The molecule has 1 heterocycles. The summed E-state index contributed by atoms with van der Waals surface area (Å²) < 4.78 is 6.68. The van der Waals surface area contributed by atoms with Crippen LogP contribution >= 0.6 is 0 Å². The van der Waals surface area contributed by atoms with E-state index in [1.807, 2.05) is 13.1 Å². The first-order valence-electron chi connectivity index (χ1n) is 6.24. The number of carbonyl (C=O) groups is 1. The van der Waals surface area contributed by atoms with Crippen LogP contribution in [0, 0.1) is 0 Å². The highest BCUT2D eigenvalue weighted by atomic mass is 16.5. The zero-order valence-electron chi connectivity index (χ0n) is 10.8. The number of aromatic nitrogens is 2. The summed E-state index contributed by atoms with van der Waals surface area (Å²) in [6.45, 7) is 2.94. The van der Waals surface area contributed by atoms with Crippen molar-refractivity contribution in [1.29, 1.82) is 0 Å². The van der Waals surface area contributed by atoms with Gasteiger partial charge in [-0.05, 0) is 19.8 Å². The Morgan fingerprint density at radius 1 is 1.67 bits per heavy atom. The minimum absolute atomic E-state index is 0.0251. The van der Waals surface area contributed by atoms with Crippen molar-refractivity contribution in [2.75, 3.05) is 19.0 Å². The molecule has 1 aromatic heterocycles. The molecule has 0 saturated heterocycles. The lowest BCUT2D eigenvalue weighted by Gasteiger charge is -2.11. The van der Waals surface area contributed by atoms with Gasteiger partial charge in [-0.25, -0.2) is 0 Å². The van der Waals surface area contributed by atoms with E-state index in [0.717, 1.165) is 18.5 Å². The van der Waals surface area contributed by atoms with Crippen molar-refractivity contribution in [2.45, 2.75) is 38.4 Å². The van der Waals surface area contributed by atoms with E-state index >= 15 is 0 Å². The summed E-state index contributed by atoms with van der Waals surface area (Å²) in [4.78, 5) is 11.6. The van der Waals surface area contributed by atoms with Gasteiger partial charge in [0.05, 0.1) is 18.5 Å². The highest BCUT2D eigenvalue weighted by Crippen LogP contribution is 2.18. The summed E-state index contributed by atoms with van der Waals surface area (Å²) in [5.41, 5.74) is 0.902. The molecule has 1 saturated carbocycles. The Morgan fingerprint density at radius 3 is 3.11 bits per heavy atom. The summed E-state index contributed by atoms with van der Waals surface area (Å²) in [6, 6.07) is 0.611. The van der Waals surface area contributed by atoms with Crippen LogP contribution in [0.15, 0.2) is 12.4 Å². The summed E-state index contributed by atoms with van der Waals surface area (Å²) in [5, 5.41) is 10.3. The van der Waals surface area contributed by atoms with E-state index in [-0.39, 0.29) is 18.5 Å². The van der Waals surface area contributed by atoms with Crippen molar-refractivity contribution in [3.05, 3.63) is 12.4 Å². The van der Waals surface area contributed by atoms with Gasteiger partial charge in [0.1, 0.15) is 6.54 Å². The normalized spacial score (nSPS) is 16.3. The number of carbonyl (C=O) groups excluding carboxylic acids is 1. The smallest absolute Gasteiger partial charge is 0.241 e. The highest BCUT2D eigenvalue weighted by molar-refractivity contribution is 5.76. The van der Waals surface area contributed by atoms with Crippen molar-refractivity contribution >= 4 is 11.6 Å². The highest BCUT2D eigenvalue weighted by Gasteiger charge is 2.23. The third-order valence-electron chi connectivity index (χ3n) is 2.71. The van der Waals surface area contributed by atoms with Gasteiger partial charge in [0.15, 0.2) is 0 Å². The van der Waals surface area contributed by atoms with Crippen molar-refractivity contribution in [3.63, 3.8) is 0 Å². The summed E-state index contributed by atoms with van der Waals surface area (Å²) in [5.74, 6) is 0.0251. The molecule has 1 aliphatic carbocycles. The second kappa shape index (κ2) is 5.86. The van der Waals surface area contributed by atoms with Crippen molar-refractivity contribution in [1.82, 2.24) is 15.1 Å². The van der Waals surface area contributed by atoms with Gasteiger partial charge in [-0.3, -0.25) is 9.48 Å². The molecule has 0 radical (unpaired) electrons. The Hall–Kier alpha value is -1.56. The van der Waals surface area contributed by atoms with Crippen molar-refractivity contribution < 1.29 is 9.53 Å². The van der Waals surface area contributed by atoms with Crippen LogP contribution in [0.3, 0.4) is 0 Å². The average molecular weight is 252 g/mol. The molecule has 0 aliphatic heterocycles. The Balaban J connectivity index is 1.79. The number of hydrogen-bond acceptors (Lipinski definition) is 4. The molecule has 1 amide bonds. The number of methoxy groups -OCH3 is 1. The number of rotatable bonds is 7. The fourth-order valence-electron chi connectivity index (χ4n) is 1.75. The quantitative estimate of drug-likeness (QED) is 0.746. The monoisotopic (exact) mass is 252 g/mol. The molecular formula is C12H20N4O2. The van der Waals surface area contributed by atoms with Crippen LogP contribution in [-0.4, -0.2) is 41.5 Å². The first kappa shape index (κ1) is 12.9. The first-order chi connectivity index (χ1) is 8.67. The fraction of sp³-hybridized carbons (Fsp3) is 0.667. The lowest BCUT2D eigenvalue weighted by molar-refractivity contribution is -0.122. The van der Waals surface area contributed by atoms with Crippen LogP contribution in [0.25, 0.3) is 0 Å².